The molecule has 0 fully saturated rings. The smallest absolute Gasteiger partial charge is 0.296 e. The first-order valence-corrected chi connectivity index (χ1v) is 4.23. The van der Waals surface area contributed by atoms with E-state index in [9.17, 15) is 0 Å². The van der Waals surface area contributed by atoms with E-state index in [2.05, 4.69) is 15.0 Å². The predicted molar refractivity (Wildman–Crippen MR) is 49.7 cm³/mol. The molecule has 1 N–H and O–H groups in total. The summed E-state index contributed by atoms with van der Waals surface area (Å²) in [6.45, 7) is 3.92. The van der Waals surface area contributed by atoms with Gasteiger partial charge in [0, 0.05) is 6.20 Å². The Bertz CT molecular complexity index is 375. The number of ether oxygens (including phenoxy) is 1. The third kappa shape index (κ3) is 1.61. The van der Waals surface area contributed by atoms with Crippen LogP contribution in [0.1, 0.15) is 13.8 Å². The number of nitrogens with zero attached hydrogens (tertiary/aromatic N) is 2. The summed E-state index contributed by atoms with van der Waals surface area (Å²) in [6, 6.07) is 4.31. The minimum atomic E-state index is 0.126. The SMILES string of the molecule is CC(C)Oc1nc2ncccc2[nH]1. The highest BCUT2D eigenvalue weighted by molar-refractivity contribution is 5.70. The Kier molecular flexibility index (Phi) is 1.88. The molecule has 68 valence electrons. The number of hydrogen-bond donors (Lipinski definition) is 1. The van der Waals surface area contributed by atoms with E-state index < -0.39 is 0 Å². The zero-order chi connectivity index (χ0) is 9.26. The Morgan fingerprint density at radius 2 is 2.31 bits per heavy atom. The van der Waals surface area contributed by atoms with Crippen LogP contribution in [0.2, 0.25) is 0 Å². The standard InChI is InChI=1S/C9H11N3O/c1-6(2)13-9-11-7-4-3-5-10-8(7)12-9/h3-6H,1-2H3,(H,10,11,12). The van der Waals surface area contributed by atoms with Gasteiger partial charge in [0.05, 0.1) is 11.6 Å². The number of pyridine rings is 1. The van der Waals surface area contributed by atoms with Crippen molar-refractivity contribution in [2.24, 2.45) is 0 Å². The van der Waals surface area contributed by atoms with Gasteiger partial charge < -0.3 is 9.72 Å². The normalized spacial score (nSPS) is 11.0. The van der Waals surface area contributed by atoms with Crippen LogP contribution >= 0.6 is 0 Å². The molecular weight excluding hydrogens is 166 g/mol. The maximum atomic E-state index is 5.39. The predicted octanol–water partition coefficient (Wildman–Crippen LogP) is 1.75. The molecule has 2 aromatic heterocycles. The van der Waals surface area contributed by atoms with E-state index in [-0.39, 0.29) is 6.10 Å². The minimum Gasteiger partial charge on any atom is -0.462 e. The summed E-state index contributed by atoms with van der Waals surface area (Å²) in [5.74, 6) is 0. The summed E-state index contributed by atoms with van der Waals surface area (Å²) in [7, 11) is 0. The lowest BCUT2D eigenvalue weighted by Gasteiger charge is -2.03. The van der Waals surface area contributed by atoms with Crippen molar-refractivity contribution in [3.05, 3.63) is 18.3 Å². The van der Waals surface area contributed by atoms with Crippen LogP contribution in [0.15, 0.2) is 18.3 Å². The van der Waals surface area contributed by atoms with Crippen LogP contribution in [-0.2, 0) is 0 Å². The van der Waals surface area contributed by atoms with Gasteiger partial charge in [-0.25, -0.2) is 4.98 Å². The van der Waals surface area contributed by atoms with Crippen LogP contribution in [0.4, 0.5) is 0 Å². The van der Waals surface area contributed by atoms with Crippen LogP contribution in [-0.4, -0.2) is 21.1 Å². The number of rotatable bonds is 2. The molecule has 0 aromatic carbocycles. The molecule has 2 heterocycles. The van der Waals surface area contributed by atoms with Crippen LogP contribution in [0.5, 0.6) is 6.01 Å². The van der Waals surface area contributed by atoms with Crippen LogP contribution in [0.25, 0.3) is 11.2 Å². The second kappa shape index (κ2) is 3.05. The summed E-state index contributed by atoms with van der Waals surface area (Å²) >= 11 is 0. The number of imidazole rings is 1. The van der Waals surface area contributed by atoms with Gasteiger partial charge in [-0.2, -0.15) is 4.98 Å². The van der Waals surface area contributed by atoms with E-state index >= 15 is 0 Å². The number of aromatic amines is 1. The Morgan fingerprint density at radius 3 is 3.00 bits per heavy atom. The third-order valence-corrected chi connectivity index (χ3v) is 1.58. The van der Waals surface area contributed by atoms with E-state index in [1.165, 1.54) is 0 Å². The van der Waals surface area contributed by atoms with E-state index in [0.717, 1.165) is 5.52 Å². The van der Waals surface area contributed by atoms with Gasteiger partial charge in [0.2, 0.25) is 0 Å². The lowest BCUT2D eigenvalue weighted by atomic mass is 10.4. The summed E-state index contributed by atoms with van der Waals surface area (Å²) < 4.78 is 5.39. The molecule has 0 atom stereocenters. The van der Waals surface area contributed by atoms with Crippen LogP contribution < -0.4 is 4.74 Å². The minimum absolute atomic E-state index is 0.126. The summed E-state index contributed by atoms with van der Waals surface area (Å²) in [6.07, 6.45) is 1.84. The lowest BCUT2D eigenvalue weighted by molar-refractivity contribution is 0.225. The fourth-order valence-corrected chi connectivity index (χ4v) is 1.10. The van der Waals surface area contributed by atoms with Gasteiger partial charge in [-0.3, -0.25) is 0 Å². The molecule has 13 heavy (non-hydrogen) atoms. The molecule has 0 aliphatic rings. The fraction of sp³-hybridized carbons (Fsp3) is 0.333. The first-order valence-electron chi connectivity index (χ1n) is 4.23. The number of hydrogen-bond acceptors (Lipinski definition) is 3. The molecule has 0 amide bonds. The molecule has 4 nitrogen and oxygen atoms in total. The average Bonchev–Trinajstić information content (AvgIpc) is 2.44. The summed E-state index contributed by atoms with van der Waals surface area (Å²) in [4.78, 5) is 11.3. The number of fused-ring (bicyclic) bond motifs is 1. The molecule has 0 saturated heterocycles. The first-order chi connectivity index (χ1) is 6.25. The number of nitrogens with one attached hydrogen (secondary N) is 1. The van der Waals surface area contributed by atoms with Gasteiger partial charge in [0.25, 0.3) is 6.01 Å². The fourth-order valence-electron chi connectivity index (χ4n) is 1.10. The van der Waals surface area contributed by atoms with Gasteiger partial charge >= 0.3 is 0 Å². The highest BCUT2D eigenvalue weighted by atomic mass is 16.5. The Morgan fingerprint density at radius 1 is 1.46 bits per heavy atom. The zero-order valence-electron chi connectivity index (χ0n) is 7.61. The van der Waals surface area contributed by atoms with E-state index in [4.69, 9.17) is 4.74 Å². The highest BCUT2D eigenvalue weighted by Crippen LogP contribution is 2.13. The molecule has 2 aromatic rings. The molecule has 0 aliphatic carbocycles. The zero-order valence-corrected chi connectivity index (χ0v) is 7.61. The van der Waals surface area contributed by atoms with Crippen molar-refractivity contribution in [1.82, 2.24) is 15.0 Å². The largest absolute Gasteiger partial charge is 0.462 e. The highest BCUT2D eigenvalue weighted by Gasteiger charge is 2.04. The topological polar surface area (TPSA) is 50.8 Å². The quantitative estimate of drug-likeness (QED) is 0.760. The van der Waals surface area contributed by atoms with Crippen molar-refractivity contribution in [2.45, 2.75) is 20.0 Å². The number of aromatic nitrogens is 3. The maximum Gasteiger partial charge on any atom is 0.296 e. The van der Waals surface area contributed by atoms with Crippen molar-refractivity contribution >= 4 is 11.2 Å². The first kappa shape index (κ1) is 8.04. The van der Waals surface area contributed by atoms with Gasteiger partial charge in [0.1, 0.15) is 0 Å². The Hall–Kier alpha value is -1.58. The molecular formula is C9H11N3O. The molecule has 0 unspecified atom stereocenters. The Labute approximate surface area is 76.0 Å². The van der Waals surface area contributed by atoms with Crippen molar-refractivity contribution in [1.29, 1.82) is 0 Å². The van der Waals surface area contributed by atoms with Gasteiger partial charge in [-0.05, 0) is 26.0 Å². The Balaban J connectivity index is 2.38. The third-order valence-electron chi connectivity index (χ3n) is 1.58. The second-order valence-electron chi connectivity index (χ2n) is 3.08. The summed E-state index contributed by atoms with van der Waals surface area (Å²) in [5, 5.41) is 0. The number of H-pyrrole nitrogens is 1. The van der Waals surface area contributed by atoms with Gasteiger partial charge in [-0.1, -0.05) is 0 Å². The molecule has 0 spiro atoms. The lowest BCUT2D eigenvalue weighted by Crippen LogP contribution is -2.06. The van der Waals surface area contributed by atoms with E-state index in [1.807, 2.05) is 26.0 Å². The van der Waals surface area contributed by atoms with Gasteiger partial charge in [-0.15, -0.1) is 0 Å². The van der Waals surface area contributed by atoms with Crippen LogP contribution in [0, 0.1) is 0 Å². The summed E-state index contributed by atoms with van der Waals surface area (Å²) in [5.41, 5.74) is 1.59. The molecule has 0 bridgehead atoms. The monoisotopic (exact) mass is 177 g/mol. The second-order valence-corrected chi connectivity index (χ2v) is 3.08. The maximum absolute atomic E-state index is 5.39. The van der Waals surface area contributed by atoms with Gasteiger partial charge in [0.15, 0.2) is 5.65 Å². The molecule has 0 aliphatic heterocycles. The molecule has 0 radical (unpaired) electrons. The van der Waals surface area contributed by atoms with Crippen molar-refractivity contribution in [3.8, 4) is 6.01 Å². The molecule has 2 rings (SSSR count). The van der Waals surface area contributed by atoms with Crippen LogP contribution in [0.3, 0.4) is 0 Å². The average molecular weight is 177 g/mol. The molecule has 0 saturated carbocycles. The molecule has 4 heteroatoms. The van der Waals surface area contributed by atoms with E-state index in [1.54, 1.807) is 6.20 Å². The van der Waals surface area contributed by atoms with Crippen molar-refractivity contribution in [3.63, 3.8) is 0 Å². The van der Waals surface area contributed by atoms with Crippen molar-refractivity contribution < 1.29 is 4.74 Å². The van der Waals surface area contributed by atoms with E-state index in [0.29, 0.717) is 11.7 Å². The van der Waals surface area contributed by atoms with Crippen molar-refractivity contribution in [2.75, 3.05) is 0 Å².